The van der Waals surface area contributed by atoms with Gasteiger partial charge in [-0.25, -0.2) is 4.99 Å². The molecule has 0 atom stereocenters. The van der Waals surface area contributed by atoms with Gasteiger partial charge in [0.05, 0.1) is 25.0 Å². The third-order valence-electron chi connectivity index (χ3n) is 4.46. The van der Waals surface area contributed by atoms with E-state index in [1.54, 1.807) is 7.11 Å². The van der Waals surface area contributed by atoms with Crippen molar-refractivity contribution in [3.8, 4) is 5.75 Å². The first kappa shape index (κ1) is 18.0. The standard InChI is InChI=1S/C20H27N5O/c1-3-21-20(23-16-17-8-6-7-11-22-17)25-14-12-24(13-15-25)18-9-4-5-10-19(18)26-2/h4-11H,3,12-16H2,1-2H3,(H,21,23). The number of rotatable bonds is 5. The van der Waals surface area contributed by atoms with Gasteiger partial charge in [-0.05, 0) is 31.2 Å². The molecule has 1 fully saturated rings. The summed E-state index contributed by atoms with van der Waals surface area (Å²) in [6.07, 6.45) is 1.81. The van der Waals surface area contributed by atoms with E-state index in [9.17, 15) is 0 Å². The summed E-state index contributed by atoms with van der Waals surface area (Å²) in [5.41, 5.74) is 2.14. The molecular formula is C20H27N5O. The van der Waals surface area contributed by atoms with Crippen molar-refractivity contribution in [2.24, 2.45) is 4.99 Å². The summed E-state index contributed by atoms with van der Waals surface area (Å²) < 4.78 is 5.50. The van der Waals surface area contributed by atoms with Crippen LogP contribution >= 0.6 is 0 Å². The van der Waals surface area contributed by atoms with Gasteiger partial charge in [0.1, 0.15) is 5.75 Å². The molecule has 0 spiro atoms. The average Bonchev–Trinajstić information content (AvgIpc) is 2.72. The number of ether oxygens (including phenoxy) is 1. The summed E-state index contributed by atoms with van der Waals surface area (Å²) in [5.74, 6) is 1.88. The van der Waals surface area contributed by atoms with Crippen LogP contribution in [0.5, 0.6) is 5.75 Å². The Bertz CT molecular complexity index is 711. The maximum atomic E-state index is 5.50. The van der Waals surface area contributed by atoms with E-state index in [0.717, 1.165) is 55.8 Å². The lowest BCUT2D eigenvalue weighted by atomic mass is 10.2. The lowest BCUT2D eigenvalue weighted by molar-refractivity contribution is 0.367. The molecule has 6 nitrogen and oxygen atoms in total. The normalized spacial score (nSPS) is 15.1. The fourth-order valence-electron chi connectivity index (χ4n) is 3.12. The molecule has 0 saturated carbocycles. The monoisotopic (exact) mass is 353 g/mol. The number of piperazine rings is 1. The Labute approximate surface area is 155 Å². The molecule has 2 aromatic rings. The number of guanidine groups is 1. The van der Waals surface area contributed by atoms with Crippen LogP contribution in [0.25, 0.3) is 0 Å². The Hall–Kier alpha value is -2.76. The Morgan fingerprint density at radius 2 is 1.88 bits per heavy atom. The van der Waals surface area contributed by atoms with Gasteiger partial charge in [-0.15, -0.1) is 0 Å². The van der Waals surface area contributed by atoms with E-state index in [2.05, 4.69) is 39.2 Å². The molecule has 1 aliphatic heterocycles. The Kier molecular flexibility index (Phi) is 6.30. The van der Waals surface area contributed by atoms with Crippen LogP contribution in [0.15, 0.2) is 53.7 Å². The first-order valence-electron chi connectivity index (χ1n) is 9.13. The van der Waals surface area contributed by atoms with Gasteiger partial charge in [0.2, 0.25) is 0 Å². The van der Waals surface area contributed by atoms with Crippen LogP contribution in [0.1, 0.15) is 12.6 Å². The Morgan fingerprint density at radius 1 is 1.12 bits per heavy atom. The van der Waals surface area contributed by atoms with Gasteiger partial charge >= 0.3 is 0 Å². The van der Waals surface area contributed by atoms with Crippen molar-refractivity contribution in [3.05, 3.63) is 54.4 Å². The molecule has 138 valence electrons. The zero-order valence-corrected chi connectivity index (χ0v) is 15.6. The summed E-state index contributed by atoms with van der Waals surface area (Å²) in [6.45, 7) is 7.27. The van der Waals surface area contributed by atoms with E-state index < -0.39 is 0 Å². The van der Waals surface area contributed by atoms with Gasteiger partial charge < -0.3 is 19.9 Å². The predicted octanol–water partition coefficient (Wildman–Crippen LogP) is 2.38. The van der Waals surface area contributed by atoms with Gasteiger partial charge in [0, 0.05) is 38.9 Å². The van der Waals surface area contributed by atoms with Crippen molar-refractivity contribution < 1.29 is 4.74 Å². The minimum Gasteiger partial charge on any atom is -0.495 e. The second kappa shape index (κ2) is 9.08. The zero-order chi connectivity index (χ0) is 18.2. The molecule has 0 radical (unpaired) electrons. The van der Waals surface area contributed by atoms with Gasteiger partial charge in [-0.3, -0.25) is 4.98 Å². The SMILES string of the molecule is CCNC(=NCc1ccccn1)N1CCN(c2ccccc2OC)CC1. The quantitative estimate of drug-likeness (QED) is 0.661. The third-order valence-corrected chi connectivity index (χ3v) is 4.46. The number of nitrogens with one attached hydrogen (secondary N) is 1. The highest BCUT2D eigenvalue weighted by Gasteiger charge is 2.21. The summed E-state index contributed by atoms with van der Waals surface area (Å²) in [7, 11) is 1.72. The predicted molar refractivity (Wildman–Crippen MR) is 106 cm³/mol. The first-order valence-corrected chi connectivity index (χ1v) is 9.13. The van der Waals surface area contributed by atoms with Gasteiger partial charge in [-0.1, -0.05) is 18.2 Å². The van der Waals surface area contributed by atoms with Crippen LogP contribution in [-0.4, -0.2) is 55.7 Å². The third kappa shape index (κ3) is 4.45. The van der Waals surface area contributed by atoms with E-state index in [0.29, 0.717) is 6.54 Å². The highest BCUT2D eigenvalue weighted by atomic mass is 16.5. The smallest absolute Gasteiger partial charge is 0.194 e. The molecule has 1 aliphatic rings. The summed E-state index contributed by atoms with van der Waals surface area (Å²) >= 11 is 0. The van der Waals surface area contributed by atoms with Crippen molar-refractivity contribution in [2.45, 2.75) is 13.5 Å². The molecule has 6 heteroatoms. The van der Waals surface area contributed by atoms with Crippen LogP contribution in [0, 0.1) is 0 Å². The minimum atomic E-state index is 0.593. The number of anilines is 1. The Morgan fingerprint density at radius 3 is 2.58 bits per heavy atom. The number of aliphatic imine (C=N–C) groups is 1. The van der Waals surface area contributed by atoms with E-state index in [-0.39, 0.29) is 0 Å². The fourth-order valence-corrected chi connectivity index (χ4v) is 3.12. The minimum absolute atomic E-state index is 0.593. The Balaban J connectivity index is 1.64. The number of methoxy groups -OCH3 is 1. The highest BCUT2D eigenvalue weighted by Crippen LogP contribution is 2.28. The number of pyridine rings is 1. The summed E-state index contributed by atoms with van der Waals surface area (Å²) in [5, 5.41) is 3.40. The molecule has 0 unspecified atom stereocenters. The van der Waals surface area contributed by atoms with Crippen molar-refractivity contribution in [1.29, 1.82) is 0 Å². The zero-order valence-electron chi connectivity index (χ0n) is 15.6. The number of para-hydroxylation sites is 2. The topological polar surface area (TPSA) is 53.0 Å². The van der Waals surface area contributed by atoms with Crippen molar-refractivity contribution in [2.75, 3.05) is 44.7 Å². The maximum Gasteiger partial charge on any atom is 0.194 e. The largest absolute Gasteiger partial charge is 0.495 e. The molecule has 1 aromatic heterocycles. The van der Waals surface area contributed by atoms with E-state index in [4.69, 9.17) is 9.73 Å². The molecule has 0 amide bonds. The molecule has 1 N–H and O–H groups in total. The van der Waals surface area contributed by atoms with E-state index >= 15 is 0 Å². The lowest BCUT2D eigenvalue weighted by Crippen LogP contribution is -2.52. The number of hydrogen-bond acceptors (Lipinski definition) is 4. The van der Waals surface area contributed by atoms with Crippen LogP contribution in [-0.2, 0) is 6.54 Å². The highest BCUT2D eigenvalue weighted by molar-refractivity contribution is 5.80. The van der Waals surface area contributed by atoms with Crippen molar-refractivity contribution in [1.82, 2.24) is 15.2 Å². The van der Waals surface area contributed by atoms with E-state index in [1.165, 1.54) is 0 Å². The molecule has 26 heavy (non-hydrogen) atoms. The van der Waals surface area contributed by atoms with Crippen LogP contribution in [0.3, 0.4) is 0 Å². The van der Waals surface area contributed by atoms with Crippen LogP contribution < -0.4 is 15.0 Å². The van der Waals surface area contributed by atoms with Gasteiger partial charge in [-0.2, -0.15) is 0 Å². The second-order valence-corrected chi connectivity index (χ2v) is 6.14. The molecule has 0 bridgehead atoms. The number of benzene rings is 1. The molecular weight excluding hydrogens is 326 g/mol. The molecule has 1 saturated heterocycles. The molecule has 3 rings (SSSR count). The van der Waals surface area contributed by atoms with Crippen molar-refractivity contribution in [3.63, 3.8) is 0 Å². The van der Waals surface area contributed by atoms with Crippen molar-refractivity contribution >= 4 is 11.6 Å². The summed E-state index contributed by atoms with van der Waals surface area (Å²) in [4.78, 5) is 13.8. The molecule has 2 heterocycles. The second-order valence-electron chi connectivity index (χ2n) is 6.14. The number of hydrogen-bond donors (Lipinski definition) is 1. The van der Waals surface area contributed by atoms with Gasteiger partial charge in [0.25, 0.3) is 0 Å². The molecule has 0 aliphatic carbocycles. The molecule has 1 aromatic carbocycles. The maximum absolute atomic E-state index is 5.50. The van der Waals surface area contributed by atoms with Crippen LogP contribution in [0.2, 0.25) is 0 Å². The fraction of sp³-hybridized carbons (Fsp3) is 0.400. The number of nitrogens with zero attached hydrogens (tertiary/aromatic N) is 4. The van der Waals surface area contributed by atoms with Gasteiger partial charge in [0.15, 0.2) is 5.96 Å². The number of aromatic nitrogens is 1. The summed E-state index contributed by atoms with van der Waals surface area (Å²) in [6, 6.07) is 14.1. The van der Waals surface area contributed by atoms with E-state index in [1.807, 2.05) is 36.5 Å². The lowest BCUT2D eigenvalue weighted by Gasteiger charge is -2.38. The van der Waals surface area contributed by atoms with Crippen LogP contribution in [0.4, 0.5) is 5.69 Å². The first-order chi connectivity index (χ1) is 12.8. The average molecular weight is 353 g/mol.